The number of hydrogen-bond acceptors (Lipinski definition) is 6. The van der Waals surface area contributed by atoms with Crippen molar-refractivity contribution < 1.29 is 9.63 Å². The summed E-state index contributed by atoms with van der Waals surface area (Å²) in [5.74, 6) is 1.98. The molecule has 1 aliphatic rings. The van der Waals surface area contributed by atoms with Crippen LogP contribution in [0.15, 0.2) is 23.0 Å². The third-order valence-corrected chi connectivity index (χ3v) is 4.56. The highest BCUT2D eigenvalue weighted by Crippen LogP contribution is 2.31. The van der Waals surface area contributed by atoms with Crippen LogP contribution in [0.2, 0.25) is 0 Å². The molecule has 3 rings (SSSR count). The number of aromatic nitrogens is 3. The minimum Gasteiger partial charge on any atom is -0.506 e. The predicted molar refractivity (Wildman–Crippen MR) is 72.7 cm³/mol. The van der Waals surface area contributed by atoms with Crippen LogP contribution in [0.25, 0.3) is 11.5 Å². The van der Waals surface area contributed by atoms with Crippen molar-refractivity contribution in [2.45, 2.75) is 36.7 Å². The van der Waals surface area contributed by atoms with E-state index in [1.165, 1.54) is 31.9 Å². The van der Waals surface area contributed by atoms with Crippen LogP contribution in [0.3, 0.4) is 0 Å². The van der Waals surface area contributed by atoms with Crippen LogP contribution >= 0.6 is 11.8 Å². The molecule has 0 aromatic carbocycles. The van der Waals surface area contributed by atoms with Gasteiger partial charge in [0.2, 0.25) is 0 Å². The lowest BCUT2D eigenvalue weighted by Crippen LogP contribution is -1.95. The maximum absolute atomic E-state index is 9.37. The molecular formula is C13H15N3O2S. The molecule has 6 heteroatoms. The smallest absolute Gasteiger partial charge is 0.259 e. The van der Waals surface area contributed by atoms with E-state index in [4.69, 9.17) is 4.52 Å². The van der Waals surface area contributed by atoms with Crippen molar-refractivity contribution in [3.8, 4) is 17.2 Å². The van der Waals surface area contributed by atoms with Gasteiger partial charge in [-0.15, -0.1) is 0 Å². The van der Waals surface area contributed by atoms with Crippen molar-refractivity contribution in [1.82, 2.24) is 15.1 Å². The molecule has 1 aliphatic carbocycles. The Bertz CT molecular complexity index is 552. The second kappa shape index (κ2) is 5.61. The SMILES string of the molecule is Oc1cncc(-c2nc(CSC3CCCC3)no2)c1. The van der Waals surface area contributed by atoms with Crippen LogP contribution in [0, 0.1) is 0 Å². The summed E-state index contributed by atoms with van der Waals surface area (Å²) >= 11 is 1.90. The number of aromatic hydroxyl groups is 1. The van der Waals surface area contributed by atoms with E-state index in [9.17, 15) is 5.11 Å². The van der Waals surface area contributed by atoms with Crippen molar-refractivity contribution >= 4 is 11.8 Å². The Balaban J connectivity index is 1.65. The average molecular weight is 277 g/mol. The Morgan fingerprint density at radius 2 is 2.16 bits per heavy atom. The molecule has 2 heterocycles. The largest absolute Gasteiger partial charge is 0.506 e. The minimum atomic E-state index is 0.0950. The fraction of sp³-hybridized carbons (Fsp3) is 0.462. The zero-order valence-electron chi connectivity index (χ0n) is 10.5. The maximum Gasteiger partial charge on any atom is 0.259 e. The summed E-state index contributed by atoms with van der Waals surface area (Å²) in [6.07, 6.45) is 8.24. The molecule has 2 aromatic heterocycles. The fourth-order valence-corrected chi connectivity index (χ4v) is 3.39. The van der Waals surface area contributed by atoms with E-state index in [1.807, 2.05) is 11.8 Å². The normalized spacial score (nSPS) is 16.0. The molecule has 0 unspecified atom stereocenters. The van der Waals surface area contributed by atoms with E-state index in [2.05, 4.69) is 15.1 Å². The summed E-state index contributed by atoms with van der Waals surface area (Å²) in [4.78, 5) is 8.23. The Kier molecular flexibility index (Phi) is 3.68. The summed E-state index contributed by atoms with van der Waals surface area (Å²) in [5.41, 5.74) is 0.643. The summed E-state index contributed by atoms with van der Waals surface area (Å²) < 4.78 is 5.20. The zero-order valence-corrected chi connectivity index (χ0v) is 11.3. The van der Waals surface area contributed by atoms with Gasteiger partial charge in [-0.3, -0.25) is 4.98 Å². The van der Waals surface area contributed by atoms with Gasteiger partial charge >= 0.3 is 0 Å². The van der Waals surface area contributed by atoms with Crippen LogP contribution in [0.4, 0.5) is 0 Å². The van der Waals surface area contributed by atoms with Crippen LogP contribution < -0.4 is 0 Å². The van der Waals surface area contributed by atoms with Gasteiger partial charge in [-0.05, 0) is 18.9 Å². The molecule has 0 radical (unpaired) electrons. The molecule has 5 nitrogen and oxygen atoms in total. The third kappa shape index (κ3) is 3.07. The molecule has 0 saturated heterocycles. The average Bonchev–Trinajstić information content (AvgIpc) is 3.08. The van der Waals surface area contributed by atoms with Gasteiger partial charge in [-0.1, -0.05) is 18.0 Å². The first kappa shape index (κ1) is 12.5. The van der Waals surface area contributed by atoms with E-state index in [-0.39, 0.29) is 5.75 Å². The molecule has 100 valence electrons. The second-order valence-corrected chi connectivity index (χ2v) is 5.95. The first-order valence-corrected chi connectivity index (χ1v) is 7.45. The number of thioether (sulfide) groups is 1. The van der Waals surface area contributed by atoms with Crippen molar-refractivity contribution in [3.63, 3.8) is 0 Å². The molecule has 0 atom stereocenters. The molecule has 1 N–H and O–H groups in total. The highest BCUT2D eigenvalue weighted by molar-refractivity contribution is 7.99. The van der Waals surface area contributed by atoms with E-state index in [1.54, 1.807) is 12.3 Å². The Morgan fingerprint density at radius 3 is 2.95 bits per heavy atom. The van der Waals surface area contributed by atoms with Crippen LogP contribution in [0.5, 0.6) is 5.75 Å². The number of rotatable bonds is 4. The first-order valence-electron chi connectivity index (χ1n) is 6.40. The highest BCUT2D eigenvalue weighted by Gasteiger charge is 2.17. The molecule has 1 saturated carbocycles. The van der Waals surface area contributed by atoms with Gasteiger partial charge < -0.3 is 9.63 Å². The molecule has 19 heavy (non-hydrogen) atoms. The lowest BCUT2D eigenvalue weighted by molar-refractivity contribution is 0.424. The van der Waals surface area contributed by atoms with Crippen molar-refractivity contribution in [1.29, 1.82) is 0 Å². The van der Waals surface area contributed by atoms with Crippen molar-refractivity contribution in [3.05, 3.63) is 24.3 Å². The van der Waals surface area contributed by atoms with Gasteiger partial charge in [-0.2, -0.15) is 16.7 Å². The lowest BCUT2D eigenvalue weighted by atomic mass is 10.3. The molecule has 1 fully saturated rings. The first-order chi connectivity index (χ1) is 9.31. The molecule has 2 aromatic rings. The maximum atomic E-state index is 9.37. The zero-order chi connectivity index (χ0) is 13.1. The van der Waals surface area contributed by atoms with Crippen LogP contribution in [-0.4, -0.2) is 25.5 Å². The van der Waals surface area contributed by atoms with Gasteiger partial charge in [0, 0.05) is 11.4 Å². The predicted octanol–water partition coefficient (Wildman–Crippen LogP) is 3.01. The number of nitrogens with zero attached hydrogens (tertiary/aromatic N) is 3. The molecular weight excluding hydrogens is 262 g/mol. The summed E-state index contributed by atoms with van der Waals surface area (Å²) in [7, 11) is 0. The van der Waals surface area contributed by atoms with E-state index in [0.29, 0.717) is 17.3 Å². The van der Waals surface area contributed by atoms with E-state index in [0.717, 1.165) is 11.0 Å². The van der Waals surface area contributed by atoms with Gasteiger partial charge in [-0.25, -0.2) is 0 Å². The van der Waals surface area contributed by atoms with E-state index < -0.39 is 0 Å². The fourth-order valence-electron chi connectivity index (χ4n) is 2.22. The minimum absolute atomic E-state index is 0.0950. The van der Waals surface area contributed by atoms with Crippen LogP contribution in [0.1, 0.15) is 31.5 Å². The topological polar surface area (TPSA) is 72.0 Å². The molecule has 0 amide bonds. The Morgan fingerprint density at radius 1 is 1.32 bits per heavy atom. The molecule has 0 bridgehead atoms. The third-order valence-electron chi connectivity index (χ3n) is 3.19. The van der Waals surface area contributed by atoms with Crippen molar-refractivity contribution in [2.24, 2.45) is 0 Å². The standard InChI is InChI=1S/C13H15N3O2S/c17-10-5-9(6-14-7-10)13-15-12(16-18-13)8-19-11-3-1-2-4-11/h5-7,11,17H,1-4,8H2. The summed E-state index contributed by atoms with van der Waals surface area (Å²) in [6, 6.07) is 1.56. The van der Waals surface area contributed by atoms with Crippen LogP contribution in [-0.2, 0) is 5.75 Å². The van der Waals surface area contributed by atoms with Crippen molar-refractivity contribution in [2.75, 3.05) is 0 Å². The summed E-state index contributed by atoms with van der Waals surface area (Å²) in [5, 5.41) is 14.1. The van der Waals surface area contributed by atoms with Gasteiger partial charge in [0.15, 0.2) is 5.82 Å². The number of hydrogen-bond donors (Lipinski definition) is 1. The van der Waals surface area contributed by atoms with Gasteiger partial charge in [0.05, 0.1) is 17.5 Å². The summed E-state index contributed by atoms with van der Waals surface area (Å²) in [6.45, 7) is 0. The van der Waals surface area contributed by atoms with Gasteiger partial charge in [0.25, 0.3) is 5.89 Å². The second-order valence-electron chi connectivity index (χ2n) is 4.67. The molecule has 0 spiro atoms. The quantitative estimate of drug-likeness (QED) is 0.926. The highest BCUT2D eigenvalue weighted by atomic mass is 32.2. The van der Waals surface area contributed by atoms with Gasteiger partial charge in [0.1, 0.15) is 5.75 Å². The molecule has 0 aliphatic heterocycles. The lowest BCUT2D eigenvalue weighted by Gasteiger charge is -2.04. The van der Waals surface area contributed by atoms with E-state index >= 15 is 0 Å². The Labute approximate surface area is 115 Å². The monoisotopic (exact) mass is 277 g/mol. The Hall–Kier alpha value is -1.56. The number of pyridine rings is 1.